The maximum absolute atomic E-state index is 12.2. The van der Waals surface area contributed by atoms with Gasteiger partial charge in [0.2, 0.25) is 0 Å². The SMILES string of the molecule is CCCCCCCCCCCCCCCCCN1CCOC(=O)Cc2cccc(n2)CC(=O)OCC1. The highest BCUT2D eigenvalue weighted by molar-refractivity contribution is 5.73. The van der Waals surface area contributed by atoms with Crippen molar-refractivity contribution in [3.05, 3.63) is 29.6 Å². The number of esters is 2. The molecule has 1 aromatic rings. The molecule has 0 saturated carbocycles. The minimum absolute atomic E-state index is 0.127. The molecule has 2 rings (SSSR count). The summed E-state index contributed by atoms with van der Waals surface area (Å²) in [5.41, 5.74) is 1.24. The van der Waals surface area contributed by atoms with Crippen LogP contribution in [0.15, 0.2) is 18.2 Å². The lowest BCUT2D eigenvalue weighted by atomic mass is 10.0. The first-order valence-electron chi connectivity index (χ1n) is 14.7. The van der Waals surface area contributed by atoms with E-state index in [-0.39, 0.29) is 24.8 Å². The number of nitrogens with zero attached hydrogens (tertiary/aromatic N) is 2. The monoisotopic (exact) mass is 502 g/mol. The Kier molecular flexibility index (Phi) is 16.9. The molecule has 0 amide bonds. The molecule has 204 valence electrons. The second-order valence-corrected chi connectivity index (χ2v) is 10.2. The molecule has 0 aromatic carbocycles. The van der Waals surface area contributed by atoms with Gasteiger partial charge in [-0.05, 0) is 25.1 Å². The second-order valence-electron chi connectivity index (χ2n) is 10.2. The summed E-state index contributed by atoms with van der Waals surface area (Å²) in [5.74, 6) is -0.544. The fourth-order valence-electron chi connectivity index (χ4n) is 4.74. The number of hydrogen-bond acceptors (Lipinski definition) is 6. The Bertz CT molecular complexity index is 685. The van der Waals surface area contributed by atoms with E-state index in [1.807, 2.05) is 6.07 Å². The second kappa shape index (κ2) is 20.1. The van der Waals surface area contributed by atoms with Crippen LogP contribution in [0.3, 0.4) is 0 Å². The van der Waals surface area contributed by atoms with E-state index in [9.17, 15) is 9.59 Å². The number of pyridine rings is 1. The molecular formula is C30H50N2O4. The fraction of sp³-hybridized carbons (Fsp3) is 0.767. The molecule has 0 aliphatic carbocycles. The summed E-state index contributed by atoms with van der Waals surface area (Å²) in [6, 6.07) is 5.37. The summed E-state index contributed by atoms with van der Waals surface area (Å²) in [5, 5.41) is 0. The van der Waals surface area contributed by atoms with E-state index < -0.39 is 0 Å². The van der Waals surface area contributed by atoms with Crippen LogP contribution >= 0.6 is 0 Å². The molecule has 0 atom stereocenters. The van der Waals surface area contributed by atoms with Crippen LogP contribution < -0.4 is 0 Å². The van der Waals surface area contributed by atoms with Crippen LogP contribution in [-0.4, -0.2) is 54.7 Å². The average Bonchev–Trinajstić information content (AvgIpc) is 2.85. The van der Waals surface area contributed by atoms with E-state index in [0.717, 1.165) is 13.0 Å². The van der Waals surface area contributed by atoms with Crippen LogP contribution in [0.1, 0.15) is 115 Å². The number of fused-ring (bicyclic) bond motifs is 2. The molecular weight excluding hydrogens is 452 g/mol. The van der Waals surface area contributed by atoms with Crippen molar-refractivity contribution in [2.45, 2.75) is 116 Å². The van der Waals surface area contributed by atoms with Gasteiger partial charge in [0.25, 0.3) is 0 Å². The van der Waals surface area contributed by atoms with Gasteiger partial charge in [0.1, 0.15) is 13.2 Å². The smallest absolute Gasteiger partial charge is 0.311 e. The molecule has 6 heteroatoms. The minimum atomic E-state index is -0.272. The number of carbonyl (C=O) groups is 2. The van der Waals surface area contributed by atoms with Gasteiger partial charge >= 0.3 is 11.9 Å². The third-order valence-electron chi connectivity index (χ3n) is 6.93. The molecule has 0 N–H and O–H groups in total. The standard InChI is InChI=1S/C30H50N2O4/c1-2-3-4-5-6-7-8-9-10-11-12-13-14-15-16-20-32-21-23-35-29(33)25-27-18-17-19-28(31-27)26-30(34)36-24-22-32/h17-19H,2-16,20-26H2,1H3. The van der Waals surface area contributed by atoms with E-state index in [1.165, 1.54) is 89.9 Å². The largest absolute Gasteiger partial charge is 0.464 e. The van der Waals surface area contributed by atoms with Crippen LogP contribution in [0.25, 0.3) is 0 Å². The summed E-state index contributed by atoms with van der Waals surface area (Å²) in [7, 11) is 0. The van der Waals surface area contributed by atoms with Gasteiger partial charge in [0, 0.05) is 13.1 Å². The van der Waals surface area contributed by atoms with Gasteiger partial charge in [-0.1, -0.05) is 103 Å². The normalized spacial score (nSPS) is 15.8. The van der Waals surface area contributed by atoms with Gasteiger partial charge in [-0.25, -0.2) is 0 Å². The number of ether oxygens (including phenoxy) is 2. The van der Waals surface area contributed by atoms with Crippen LogP contribution in [0, 0.1) is 0 Å². The Balaban J connectivity index is 1.53. The van der Waals surface area contributed by atoms with E-state index in [0.29, 0.717) is 37.7 Å². The Labute approximate surface area is 219 Å². The summed E-state index contributed by atoms with van der Waals surface area (Å²) < 4.78 is 10.9. The van der Waals surface area contributed by atoms with E-state index >= 15 is 0 Å². The lowest BCUT2D eigenvalue weighted by Gasteiger charge is -2.22. The fourth-order valence-corrected chi connectivity index (χ4v) is 4.74. The number of rotatable bonds is 16. The van der Waals surface area contributed by atoms with Crippen LogP contribution in [-0.2, 0) is 31.9 Å². The number of carbonyl (C=O) groups excluding carboxylic acids is 2. The van der Waals surface area contributed by atoms with Crippen LogP contribution in [0.2, 0.25) is 0 Å². The van der Waals surface area contributed by atoms with Crippen molar-refractivity contribution >= 4 is 11.9 Å². The van der Waals surface area contributed by atoms with Gasteiger partial charge in [0.15, 0.2) is 0 Å². The number of unbranched alkanes of at least 4 members (excludes halogenated alkanes) is 14. The van der Waals surface area contributed by atoms with Gasteiger partial charge in [-0.15, -0.1) is 0 Å². The molecule has 6 nitrogen and oxygen atoms in total. The maximum Gasteiger partial charge on any atom is 0.311 e. The van der Waals surface area contributed by atoms with Crippen molar-refractivity contribution in [1.82, 2.24) is 9.88 Å². The summed E-state index contributed by atoms with van der Waals surface area (Å²) in [6.07, 6.45) is 20.5. The number of aromatic nitrogens is 1. The molecule has 1 aliphatic rings. The molecule has 1 aromatic heterocycles. The molecule has 0 saturated heterocycles. The zero-order valence-electron chi connectivity index (χ0n) is 22.8. The Hall–Kier alpha value is -1.95. The molecule has 36 heavy (non-hydrogen) atoms. The molecule has 2 heterocycles. The number of cyclic esters (lactones) is 2. The third-order valence-corrected chi connectivity index (χ3v) is 6.93. The van der Waals surface area contributed by atoms with Gasteiger partial charge in [-0.3, -0.25) is 19.5 Å². The number of hydrogen-bond donors (Lipinski definition) is 0. The predicted octanol–water partition coefficient (Wildman–Crippen LogP) is 6.44. The predicted molar refractivity (Wildman–Crippen MR) is 145 cm³/mol. The highest BCUT2D eigenvalue weighted by Gasteiger charge is 2.13. The Morgan fingerprint density at radius 2 is 1.08 bits per heavy atom. The third kappa shape index (κ3) is 15.2. The summed E-state index contributed by atoms with van der Waals surface area (Å²) in [6.45, 7) is 5.24. The van der Waals surface area contributed by atoms with Gasteiger partial charge in [0.05, 0.1) is 24.2 Å². The van der Waals surface area contributed by atoms with E-state index in [2.05, 4.69) is 16.8 Å². The van der Waals surface area contributed by atoms with E-state index in [1.54, 1.807) is 12.1 Å². The Morgan fingerprint density at radius 3 is 1.53 bits per heavy atom. The topological polar surface area (TPSA) is 68.7 Å². The van der Waals surface area contributed by atoms with Crippen molar-refractivity contribution in [3.8, 4) is 0 Å². The highest BCUT2D eigenvalue weighted by atomic mass is 16.5. The average molecular weight is 503 g/mol. The Morgan fingerprint density at radius 1 is 0.667 bits per heavy atom. The van der Waals surface area contributed by atoms with Crippen molar-refractivity contribution in [2.24, 2.45) is 0 Å². The quantitative estimate of drug-likeness (QED) is 0.191. The van der Waals surface area contributed by atoms with Crippen LogP contribution in [0.4, 0.5) is 0 Å². The molecule has 2 bridgehead atoms. The maximum atomic E-state index is 12.2. The molecule has 1 aliphatic heterocycles. The van der Waals surface area contributed by atoms with Gasteiger partial charge < -0.3 is 9.47 Å². The lowest BCUT2D eigenvalue weighted by molar-refractivity contribution is -0.143. The first kappa shape index (κ1) is 30.3. The first-order chi connectivity index (χ1) is 17.7. The summed E-state index contributed by atoms with van der Waals surface area (Å²) in [4.78, 5) is 30.9. The molecule has 0 spiro atoms. The zero-order valence-corrected chi connectivity index (χ0v) is 22.8. The van der Waals surface area contributed by atoms with Crippen molar-refractivity contribution in [3.63, 3.8) is 0 Å². The van der Waals surface area contributed by atoms with Crippen molar-refractivity contribution in [1.29, 1.82) is 0 Å². The summed E-state index contributed by atoms with van der Waals surface area (Å²) >= 11 is 0. The van der Waals surface area contributed by atoms with E-state index in [4.69, 9.17) is 9.47 Å². The van der Waals surface area contributed by atoms with Crippen molar-refractivity contribution < 1.29 is 19.1 Å². The van der Waals surface area contributed by atoms with Crippen LogP contribution in [0.5, 0.6) is 0 Å². The minimum Gasteiger partial charge on any atom is -0.464 e. The van der Waals surface area contributed by atoms with Gasteiger partial charge in [-0.2, -0.15) is 0 Å². The zero-order chi connectivity index (χ0) is 25.7. The van der Waals surface area contributed by atoms with Crippen molar-refractivity contribution in [2.75, 3.05) is 32.8 Å². The first-order valence-corrected chi connectivity index (χ1v) is 14.7. The molecule has 0 fully saturated rings. The molecule has 0 unspecified atom stereocenters. The lowest BCUT2D eigenvalue weighted by Crippen LogP contribution is -2.33. The molecule has 0 radical (unpaired) electrons. The highest BCUT2D eigenvalue weighted by Crippen LogP contribution is 2.13.